The highest BCUT2D eigenvalue weighted by molar-refractivity contribution is 7.20. The van der Waals surface area contributed by atoms with E-state index in [4.69, 9.17) is 15.2 Å². The SMILES string of the molecule is CC(Oc1ccc(Oc2nc3ccccc3s2)cc1)C(N)=O. The molecule has 6 heteroatoms. The van der Waals surface area contributed by atoms with Crippen molar-refractivity contribution in [2.45, 2.75) is 13.0 Å². The molecule has 1 atom stereocenters. The van der Waals surface area contributed by atoms with Crippen molar-refractivity contribution >= 4 is 27.5 Å². The number of aromatic nitrogens is 1. The predicted octanol–water partition coefficient (Wildman–Crippen LogP) is 3.34. The molecule has 0 aliphatic heterocycles. The summed E-state index contributed by atoms with van der Waals surface area (Å²) in [6.45, 7) is 1.61. The average molecular weight is 314 g/mol. The summed E-state index contributed by atoms with van der Waals surface area (Å²) in [7, 11) is 0. The third kappa shape index (κ3) is 3.17. The second kappa shape index (κ2) is 6.03. The van der Waals surface area contributed by atoms with Crippen molar-refractivity contribution < 1.29 is 14.3 Å². The minimum atomic E-state index is -0.670. The molecule has 0 fully saturated rings. The first-order chi connectivity index (χ1) is 10.6. The van der Waals surface area contributed by atoms with E-state index >= 15 is 0 Å². The normalized spacial score (nSPS) is 12.0. The number of carbonyl (C=O) groups is 1. The van der Waals surface area contributed by atoms with Gasteiger partial charge in [-0.3, -0.25) is 4.79 Å². The summed E-state index contributed by atoms with van der Waals surface area (Å²) < 4.78 is 12.2. The summed E-state index contributed by atoms with van der Waals surface area (Å²) in [6.07, 6.45) is -0.670. The van der Waals surface area contributed by atoms with Crippen LogP contribution >= 0.6 is 11.3 Å². The Bertz CT molecular complexity index is 766. The molecular weight excluding hydrogens is 300 g/mol. The molecular formula is C16H14N2O3S. The van der Waals surface area contributed by atoms with Gasteiger partial charge >= 0.3 is 0 Å². The van der Waals surface area contributed by atoms with Crippen molar-refractivity contribution in [1.29, 1.82) is 0 Å². The van der Waals surface area contributed by atoms with Crippen LogP contribution in [0.1, 0.15) is 6.92 Å². The van der Waals surface area contributed by atoms with E-state index in [1.54, 1.807) is 31.2 Å². The van der Waals surface area contributed by atoms with Crippen LogP contribution in [0.25, 0.3) is 10.2 Å². The largest absolute Gasteiger partial charge is 0.481 e. The number of nitrogens with two attached hydrogens (primary N) is 1. The molecule has 3 aromatic rings. The Balaban J connectivity index is 1.71. The smallest absolute Gasteiger partial charge is 0.279 e. The fourth-order valence-corrected chi connectivity index (χ4v) is 2.68. The second-order valence-corrected chi connectivity index (χ2v) is 5.68. The molecule has 5 nitrogen and oxygen atoms in total. The Kier molecular flexibility index (Phi) is 3.93. The summed E-state index contributed by atoms with van der Waals surface area (Å²) in [5.41, 5.74) is 6.07. The van der Waals surface area contributed by atoms with E-state index in [9.17, 15) is 4.79 Å². The third-order valence-electron chi connectivity index (χ3n) is 3.02. The van der Waals surface area contributed by atoms with Crippen LogP contribution in [-0.2, 0) is 4.79 Å². The van der Waals surface area contributed by atoms with Crippen LogP contribution in [0.15, 0.2) is 48.5 Å². The van der Waals surface area contributed by atoms with Gasteiger partial charge in [-0.2, -0.15) is 0 Å². The van der Waals surface area contributed by atoms with E-state index in [0.29, 0.717) is 16.7 Å². The topological polar surface area (TPSA) is 74.4 Å². The molecule has 1 heterocycles. The first-order valence-electron chi connectivity index (χ1n) is 6.71. The molecule has 1 aromatic heterocycles. The lowest BCUT2D eigenvalue weighted by atomic mass is 10.3. The molecule has 112 valence electrons. The number of nitrogens with zero attached hydrogens (tertiary/aromatic N) is 1. The number of thiazole rings is 1. The molecule has 0 saturated heterocycles. The van der Waals surface area contributed by atoms with Crippen molar-refractivity contribution in [3.63, 3.8) is 0 Å². The van der Waals surface area contributed by atoms with Gasteiger partial charge < -0.3 is 15.2 Å². The zero-order valence-electron chi connectivity index (χ0n) is 11.9. The van der Waals surface area contributed by atoms with Crippen LogP contribution in [0.4, 0.5) is 0 Å². The first-order valence-corrected chi connectivity index (χ1v) is 7.53. The van der Waals surface area contributed by atoms with Gasteiger partial charge in [0.25, 0.3) is 11.1 Å². The Hall–Kier alpha value is -2.60. The number of para-hydroxylation sites is 1. The van der Waals surface area contributed by atoms with Crippen LogP contribution in [0.5, 0.6) is 16.7 Å². The molecule has 3 rings (SSSR count). The Morgan fingerprint density at radius 2 is 1.82 bits per heavy atom. The van der Waals surface area contributed by atoms with E-state index in [1.165, 1.54) is 11.3 Å². The summed E-state index contributed by atoms with van der Waals surface area (Å²) in [5, 5.41) is 0.584. The molecule has 0 aliphatic carbocycles. The van der Waals surface area contributed by atoms with E-state index in [0.717, 1.165) is 10.2 Å². The summed E-state index contributed by atoms with van der Waals surface area (Å²) >= 11 is 1.49. The second-order valence-electron chi connectivity index (χ2n) is 4.68. The zero-order valence-corrected chi connectivity index (χ0v) is 12.7. The van der Waals surface area contributed by atoms with Crippen LogP contribution in [0, 0.1) is 0 Å². The molecule has 0 spiro atoms. The van der Waals surface area contributed by atoms with Crippen LogP contribution in [0.3, 0.4) is 0 Å². The maximum Gasteiger partial charge on any atom is 0.279 e. The quantitative estimate of drug-likeness (QED) is 0.783. The van der Waals surface area contributed by atoms with Gasteiger partial charge in [0.2, 0.25) is 0 Å². The van der Waals surface area contributed by atoms with Gasteiger partial charge in [-0.25, -0.2) is 4.98 Å². The fraction of sp³-hybridized carbons (Fsp3) is 0.125. The summed E-state index contributed by atoms with van der Waals surface area (Å²) in [6, 6.07) is 14.8. The molecule has 22 heavy (non-hydrogen) atoms. The maximum absolute atomic E-state index is 11.0. The lowest BCUT2D eigenvalue weighted by Crippen LogP contribution is -2.30. The first kappa shape index (κ1) is 14.3. The van der Waals surface area contributed by atoms with E-state index in [-0.39, 0.29) is 0 Å². The predicted molar refractivity (Wildman–Crippen MR) is 85.4 cm³/mol. The highest BCUT2D eigenvalue weighted by Crippen LogP contribution is 2.31. The minimum absolute atomic E-state index is 0.505. The van der Waals surface area contributed by atoms with Crippen molar-refractivity contribution in [2.75, 3.05) is 0 Å². The van der Waals surface area contributed by atoms with Gasteiger partial charge in [0.1, 0.15) is 11.5 Å². The van der Waals surface area contributed by atoms with Gasteiger partial charge in [-0.15, -0.1) is 0 Å². The number of ether oxygens (including phenoxy) is 2. The van der Waals surface area contributed by atoms with Crippen molar-refractivity contribution in [3.05, 3.63) is 48.5 Å². The van der Waals surface area contributed by atoms with Crippen molar-refractivity contribution in [3.8, 4) is 16.7 Å². The van der Waals surface area contributed by atoms with E-state index in [2.05, 4.69) is 4.98 Å². The number of hydrogen-bond acceptors (Lipinski definition) is 5. The lowest BCUT2D eigenvalue weighted by Gasteiger charge is -2.11. The lowest BCUT2D eigenvalue weighted by molar-refractivity contribution is -0.123. The number of primary amides is 1. The van der Waals surface area contributed by atoms with Gasteiger partial charge in [-0.05, 0) is 43.3 Å². The van der Waals surface area contributed by atoms with Crippen molar-refractivity contribution in [2.24, 2.45) is 5.73 Å². The van der Waals surface area contributed by atoms with E-state index in [1.807, 2.05) is 24.3 Å². The summed E-state index contributed by atoms with van der Waals surface area (Å²) in [5.74, 6) is 0.705. The molecule has 0 bridgehead atoms. The molecule has 2 N–H and O–H groups in total. The van der Waals surface area contributed by atoms with Gasteiger partial charge in [-0.1, -0.05) is 23.5 Å². The summed E-state index contributed by atoms with van der Waals surface area (Å²) in [4.78, 5) is 15.4. The highest BCUT2D eigenvalue weighted by atomic mass is 32.1. The fourth-order valence-electron chi connectivity index (χ4n) is 1.84. The molecule has 0 aliphatic rings. The maximum atomic E-state index is 11.0. The standard InChI is InChI=1S/C16H14N2O3S/c1-10(15(17)19)20-11-6-8-12(9-7-11)21-16-18-13-4-2-3-5-14(13)22-16/h2-10H,1H3,(H2,17,19). The number of benzene rings is 2. The zero-order chi connectivity index (χ0) is 15.5. The molecule has 2 aromatic carbocycles. The number of carbonyl (C=O) groups excluding carboxylic acids is 1. The molecule has 1 unspecified atom stereocenters. The number of rotatable bonds is 5. The monoisotopic (exact) mass is 314 g/mol. The van der Waals surface area contributed by atoms with Crippen LogP contribution < -0.4 is 15.2 Å². The van der Waals surface area contributed by atoms with Gasteiger partial charge in [0.05, 0.1) is 10.2 Å². The third-order valence-corrected chi connectivity index (χ3v) is 3.93. The minimum Gasteiger partial charge on any atom is -0.481 e. The van der Waals surface area contributed by atoms with Gasteiger partial charge in [0.15, 0.2) is 6.10 Å². The van der Waals surface area contributed by atoms with E-state index < -0.39 is 12.0 Å². The number of hydrogen-bond donors (Lipinski definition) is 1. The molecule has 0 radical (unpaired) electrons. The number of fused-ring (bicyclic) bond motifs is 1. The molecule has 1 amide bonds. The van der Waals surface area contributed by atoms with Gasteiger partial charge in [0, 0.05) is 0 Å². The average Bonchev–Trinajstić information content (AvgIpc) is 2.91. The Morgan fingerprint density at radius 1 is 1.14 bits per heavy atom. The van der Waals surface area contributed by atoms with Crippen LogP contribution in [-0.4, -0.2) is 17.0 Å². The van der Waals surface area contributed by atoms with Crippen LogP contribution in [0.2, 0.25) is 0 Å². The molecule has 0 saturated carbocycles. The Labute approximate surface area is 131 Å². The number of amides is 1. The van der Waals surface area contributed by atoms with Crippen molar-refractivity contribution in [1.82, 2.24) is 4.98 Å². The highest BCUT2D eigenvalue weighted by Gasteiger charge is 2.10. The Morgan fingerprint density at radius 3 is 2.50 bits per heavy atom.